The van der Waals surface area contributed by atoms with Gasteiger partial charge < -0.3 is 10.2 Å². The van der Waals surface area contributed by atoms with Gasteiger partial charge >= 0.3 is 0 Å². The van der Waals surface area contributed by atoms with Crippen LogP contribution < -0.4 is 5.32 Å². The van der Waals surface area contributed by atoms with Gasteiger partial charge in [0.1, 0.15) is 0 Å². The topological polar surface area (TPSA) is 15.3 Å². The van der Waals surface area contributed by atoms with E-state index in [2.05, 4.69) is 29.8 Å². The molecular weight excluding hydrogens is 148 g/mol. The molecule has 0 radical (unpaired) electrons. The van der Waals surface area contributed by atoms with E-state index in [1.54, 1.807) is 0 Å². The third-order valence-electron chi connectivity index (χ3n) is 1.44. The summed E-state index contributed by atoms with van der Waals surface area (Å²) in [5, 5.41) is 3.13. The largest absolute Gasteiger partial charge is 0.305 e. The van der Waals surface area contributed by atoms with Gasteiger partial charge in [-0.3, -0.25) is 0 Å². The number of rotatable bonds is 6. The van der Waals surface area contributed by atoms with E-state index in [1.165, 1.54) is 5.57 Å². The maximum atomic E-state index is 5.09. The molecule has 0 bridgehead atoms. The van der Waals surface area contributed by atoms with Crippen molar-refractivity contribution in [3.05, 3.63) is 12.2 Å². The molecular formula is C10H18N2. The predicted octanol–water partition coefficient (Wildman–Crippen LogP) is 0.717. The van der Waals surface area contributed by atoms with Gasteiger partial charge in [-0.1, -0.05) is 18.1 Å². The van der Waals surface area contributed by atoms with Crippen molar-refractivity contribution in [2.24, 2.45) is 0 Å². The Morgan fingerprint density at radius 3 is 2.83 bits per heavy atom. The van der Waals surface area contributed by atoms with Gasteiger partial charge in [0.05, 0.1) is 6.54 Å². The van der Waals surface area contributed by atoms with Crippen molar-refractivity contribution in [1.29, 1.82) is 0 Å². The lowest BCUT2D eigenvalue weighted by atomic mass is 10.3. The van der Waals surface area contributed by atoms with E-state index in [0.29, 0.717) is 6.54 Å². The summed E-state index contributed by atoms with van der Waals surface area (Å²) in [4.78, 5) is 2.21. The molecule has 0 aliphatic rings. The summed E-state index contributed by atoms with van der Waals surface area (Å²) in [5.74, 6) is 2.54. The van der Waals surface area contributed by atoms with Gasteiger partial charge in [0, 0.05) is 19.6 Å². The summed E-state index contributed by atoms with van der Waals surface area (Å²) in [7, 11) is 2.08. The van der Waals surface area contributed by atoms with E-state index >= 15 is 0 Å². The first-order valence-electron chi connectivity index (χ1n) is 4.14. The number of terminal acetylenes is 1. The highest BCUT2D eigenvalue weighted by Gasteiger charge is 1.95. The summed E-state index contributed by atoms with van der Waals surface area (Å²) < 4.78 is 0. The van der Waals surface area contributed by atoms with E-state index in [0.717, 1.165) is 19.6 Å². The van der Waals surface area contributed by atoms with Gasteiger partial charge in [0.25, 0.3) is 0 Å². The molecule has 0 aromatic carbocycles. The van der Waals surface area contributed by atoms with Crippen molar-refractivity contribution >= 4 is 0 Å². The Morgan fingerprint density at radius 2 is 2.33 bits per heavy atom. The van der Waals surface area contributed by atoms with Crippen molar-refractivity contribution in [3.8, 4) is 12.3 Å². The first-order chi connectivity index (χ1) is 5.66. The van der Waals surface area contributed by atoms with Crippen molar-refractivity contribution in [2.75, 3.05) is 33.2 Å². The summed E-state index contributed by atoms with van der Waals surface area (Å²) in [5.41, 5.74) is 1.19. The summed E-state index contributed by atoms with van der Waals surface area (Å²) in [6.07, 6.45) is 5.09. The van der Waals surface area contributed by atoms with Gasteiger partial charge in [-0.2, -0.15) is 0 Å². The number of likely N-dealkylation sites (N-methyl/N-ethyl adjacent to an activating group) is 1. The van der Waals surface area contributed by atoms with Crippen LogP contribution >= 0.6 is 0 Å². The molecule has 0 saturated carbocycles. The first kappa shape index (κ1) is 11.2. The van der Waals surface area contributed by atoms with Crippen molar-refractivity contribution < 1.29 is 0 Å². The van der Waals surface area contributed by atoms with Crippen molar-refractivity contribution in [2.45, 2.75) is 6.92 Å². The lowest BCUT2D eigenvalue weighted by Crippen LogP contribution is -2.30. The number of nitrogens with one attached hydrogen (secondary N) is 1. The second kappa shape index (κ2) is 6.90. The monoisotopic (exact) mass is 166 g/mol. The summed E-state index contributed by atoms with van der Waals surface area (Å²) >= 11 is 0. The van der Waals surface area contributed by atoms with Crippen molar-refractivity contribution in [3.63, 3.8) is 0 Å². The Bertz CT molecular complexity index is 167. The molecule has 0 fully saturated rings. The van der Waals surface area contributed by atoms with Crippen LogP contribution in [0.15, 0.2) is 12.2 Å². The maximum absolute atomic E-state index is 5.09. The lowest BCUT2D eigenvalue weighted by molar-refractivity contribution is 0.361. The molecule has 0 aromatic rings. The molecule has 0 rings (SSSR count). The summed E-state index contributed by atoms with van der Waals surface area (Å²) in [6.45, 7) is 9.43. The van der Waals surface area contributed by atoms with E-state index in [1.807, 2.05) is 6.92 Å². The zero-order valence-corrected chi connectivity index (χ0v) is 8.06. The lowest BCUT2D eigenvalue weighted by Gasteiger charge is -2.15. The van der Waals surface area contributed by atoms with Gasteiger partial charge in [-0.25, -0.2) is 0 Å². The molecule has 0 aliphatic carbocycles. The number of hydrogen-bond donors (Lipinski definition) is 1. The highest BCUT2D eigenvalue weighted by atomic mass is 15.1. The van der Waals surface area contributed by atoms with E-state index in [9.17, 15) is 0 Å². The van der Waals surface area contributed by atoms with Crippen LogP contribution in [0.25, 0.3) is 0 Å². The zero-order chi connectivity index (χ0) is 9.40. The van der Waals surface area contributed by atoms with Gasteiger partial charge in [-0.05, 0) is 14.0 Å². The minimum atomic E-state index is 0.654. The number of nitrogens with zero attached hydrogens (tertiary/aromatic N) is 1. The van der Waals surface area contributed by atoms with Gasteiger partial charge in [0.15, 0.2) is 0 Å². The molecule has 2 nitrogen and oxygen atoms in total. The van der Waals surface area contributed by atoms with Crippen LogP contribution in [-0.4, -0.2) is 38.1 Å². The molecule has 0 atom stereocenters. The highest BCUT2D eigenvalue weighted by molar-refractivity contribution is 4.91. The molecule has 0 spiro atoms. The molecule has 1 N–H and O–H groups in total. The normalized spacial score (nSPS) is 9.83. The van der Waals surface area contributed by atoms with Crippen LogP contribution in [-0.2, 0) is 0 Å². The second-order valence-electron chi connectivity index (χ2n) is 3.08. The Balaban J connectivity index is 3.26. The van der Waals surface area contributed by atoms with Crippen LogP contribution in [0.1, 0.15) is 6.92 Å². The van der Waals surface area contributed by atoms with E-state index in [-0.39, 0.29) is 0 Å². The fourth-order valence-corrected chi connectivity index (χ4v) is 0.970. The SMILES string of the molecule is C#CCNCCN(C)CC(=C)C. The van der Waals surface area contributed by atoms with Crippen LogP contribution in [0.2, 0.25) is 0 Å². The van der Waals surface area contributed by atoms with E-state index < -0.39 is 0 Å². The smallest absolute Gasteiger partial charge is 0.0574 e. The molecule has 0 heterocycles. The molecule has 68 valence electrons. The van der Waals surface area contributed by atoms with Crippen molar-refractivity contribution in [1.82, 2.24) is 10.2 Å². The Hall–Kier alpha value is -0.780. The average Bonchev–Trinajstić information content (AvgIpc) is 1.97. The van der Waals surface area contributed by atoms with Gasteiger partial charge in [0.2, 0.25) is 0 Å². The molecule has 12 heavy (non-hydrogen) atoms. The van der Waals surface area contributed by atoms with Gasteiger partial charge in [-0.15, -0.1) is 6.42 Å². The quantitative estimate of drug-likeness (QED) is 0.355. The van der Waals surface area contributed by atoms with Crippen LogP contribution in [0, 0.1) is 12.3 Å². The maximum Gasteiger partial charge on any atom is 0.0574 e. The average molecular weight is 166 g/mol. The molecule has 0 amide bonds. The highest BCUT2D eigenvalue weighted by Crippen LogP contribution is 1.90. The fourth-order valence-electron chi connectivity index (χ4n) is 0.970. The Kier molecular flexibility index (Phi) is 6.45. The minimum absolute atomic E-state index is 0.654. The molecule has 0 saturated heterocycles. The van der Waals surface area contributed by atoms with E-state index in [4.69, 9.17) is 6.42 Å². The minimum Gasteiger partial charge on any atom is -0.305 e. The first-order valence-corrected chi connectivity index (χ1v) is 4.14. The predicted molar refractivity (Wildman–Crippen MR) is 54.0 cm³/mol. The third-order valence-corrected chi connectivity index (χ3v) is 1.44. The Morgan fingerprint density at radius 1 is 1.67 bits per heavy atom. The second-order valence-corrected chi connectivity index (χ2v) is 3.08. The molecule has 2 heteroatoms. The molecule has 0 aliphatic heterocycles. The van der Waals surface area contributed by atoms with Crippen LogP contribution in [0.4, 0.5) is 0 Å². The van der Waals surface area contributed by atoms with Crippen LogP contribution in [0.5, 0.6) is 0 Å². The third kappa shape index (κ3) is 7.33. The fraction of sp³-hybridized carbons (Fsp3) is 0.600. The molecule has 0 aromatic heterocycles. The summed E-state index contributed by atoms with van der Waals surface area (Å²) in [6, 6.07) is 0. The van der Waals surface area contributed by atoms with Crippen LogP contribution in [0.3, 0.4) is 0 Å². The Labute approximate surface area is 75.6 Å². The number of hydrogen-bond acceptors (Lipinski definition) is 2. The zero-order valence-electron chi connectivity index (χ0n) is 8.06. The molecule has 0 unspecified atom stereocenters. The standard InChI is InChI=1S/C10H18N2/c1-5-6-11-7-8-12(4)9-10(2)3/h1,11H,2,6-9H2,3-4H3.